The van der Waals surface area contributed by atoms with Gasteiger partial charge in [-0.1, -0.05) is 18.5 Å². The number of aryl methyl sites for hydroxylation is 1. The zero-order chi connectivity index (χ0) is 9.68. The lowest BCUT2D eigenvalue weighted by atomic mass is 10.2. The van der Waals surface area contributed by atoms with Gasteiger partial charge in [-0.2, -0.15) is 4.98 Å². The molecule has 0 amide bonds. The lowest BCUT2D eigenvalue weighted by molar-refractivity contribution is 0.236. The summed E-state index contributed by atoms with van der Waals surface area (Å²) in [5, 5.41) is 12.5. The van der Waals surface area contributed by atoms with Crippen LogP contribution >= 0.6 is 0 Å². The molecule has 0 bridgehead atoms. The molecule has 0 aromatic carbocycles. The van der Waals surface area contributed by atoms with E-state index < -0.39 is 6.04 Å². The first-order valence-electron chi connectivity index (χ1n) is 4.46. The summed E-state index contributed by atoms with van der Waals surface area (Å²) >= 11 is 0. The van der Waals surface area contributed by atoms with Crippen LogP contribution in [0.15, 0.2) is 4.52 Å². The van der Waals surface area contributed by atoms with E-state index in [2.05, 4.69) is 17.1 Å². The summed E-state index contributed by atoms with van der Waals surface area (Å²) in [6, 6.07) is -0.553. The molecular formula is C8H15N3O2. The minimum atomic E-state index is -0.553. The zero-order valence-electron chi connectivity index (χ0n) is 7.73. The van der Waals surface area contributed by atoms with Crippen molar-refractivity contribution in [1.82, 2.24) is 10.1 Å². The molecule has 1 rings (SSSR count). The van der Waals surface area contributed by atoms with Crippen LogP contribution in [0.3, 0.4) is 0 Å². The number of hydrogen-bond donors (Lipinski definition) is 2. The fourth-order valence-corrected chi connectivity index (χ4v) is 0.933. The van der Waals surface area contributed by atoms with Gasteiger partial charge in [-0.25, -0.2) is 0 Å². The van der Waals surface area contributed by atoms with E-state index in [1.54, 1.807) is 0 Å². The highest BCUT2D eigenvalue weighted by Crippen LogP contribution is 2.07. The Morgan fingerprint density at radius 2 is 2.38 bits per heavy atom. The molecule has 5 nitrogen and oxygen atoms in total. The smallest absolute Gasteiger partial charge is 0.245 e. The van der Waals surface area contributed by atoms with Crippen molar-refractivity contribution in [2.45, 2.75) is 32.2 Å². The van der Waals surface area contributed by atoms with Gasteiger partial charge in [0.15, 0.2) is 5.82 Å². The number of aromatic nitrogens is 2. The predicted octanol–water partition coefficient (Wildman–Crippen LogP) is 0.404. The molecule has 0 aliphatic rings. The van der Waals surface area contributed by atoms with Crippen LogP contribution in [-0.2, 0) is 6.42 Å². The Labute approximate surface area is 76.9 Å². The first-order valence-corrected chi connectivity index (χ1v) is 4.46. The second kappa shape index (κ2) is 4.94. The fraction of sp³-hybridized carbons (Fsp3) is 0.750. The largest absolute Gasteiger partial charge is 0.394 e. The van der Waals surface area contributed by atoms with Gasteiger partial charge in [0.1, 0.15) is 6.04 Å². The summed E-state index contributed by atoms with van der Waals surface area (Å²) < 4.78 is 4.87. The van der Waals surface area contributed by atoms with Gasteiger partial charge in [0.25, 0.3) is 0 Å². The first-order chi connectivity index (χ1) is 6.27. The van der Waals surface area contributed by atoms with Crippen LogP contribution in [0.5, 0.6) is 0 Å². The summed E-state index contributed by atoms with van der Waals surface area (Å²) in [6.07, 6.45) is 2.93. The van der Waals surface area contributed by atoms with Crippen molar-refractivity contribution in [3.63, 3.8) is 0 Å². The van der Waals surface area contributed by atoms with Gasteiger partial charge < -0.3 is 15.4 Å². The summed E-state index contributed by atoms with van der Waals surface area (Å²) in [4.78, 5) is 4.06. The molecule has 0 aliphatic heterocycles. The topological polar surface area (TPSA) is 85.2 Å². The van der Waals surface area contributed by atoms with Crippen molar-refractivity contribution in [1.29, 1.82) is 0 Å². The van der Waals surface area contributed by atoms with Crippen LogP contribution in [0.25, 0.3) is 0 Å². The average molecular weight is 185 g/mol. The van der Waals surface area contributed by atoms with Crippen molar-refractivity contribution >= 4 is 0 Å². The van der Waals surface area contributed by atoms with Gasteiger partial charge in [-0.15, -0.1) is 0 Å². The molecule has 0 radical (unpaired) electrons. The van der Waals surface area contributed by atoms with Crippen LogP contribution in [0.4, 0.5) is 0 Å². The van der Waals surface area contributed by atoms with Crippen molar-refractivity contribution in [2.24, 2.45) is 5.73 Å². The SMILES string of the molecule is CCCCc1noc([C@H](N)CO)n1. The normalized spacial score (nSPS) is 13.2. The molecule has 0 spiro atoms. The maximum absolute atomic E-state index is 8.72. The van der Waals surface area contributed by atoms with Crippen LogP contribution < -0.4 is 5.73 Å². The lowest BCUT2D eigenvalue weighted by Crippen LogP contribution is -2.14. The van der Waals surface area contributed by atoms with E-state index >= 15 is 0 Å². The second-order valence-corrected chi connectivity index (χ2v) is 2.94. The monoisotopic (exact) mass is 185 g/mol. The molecule has 5 heteroatoms. The van der Waals surface area contributed by atoms with Gasteiger partial charge in [0.2, 0.25) is 5.89 Å². The number of nitrogens with zero attached hydrogens (tertiary/aromatic N) is 2. The molecule has 0 saturated carbocycles. The molecule has 0 fully saturated rings. The molecule has 0 aliphatic carbocycles. The summed E-state index contributed by atoms with van der Waals surface area (Å²) in [6.45, 7) is 1.93. The molecule has 0 saturated heterocycles. The summed E-state index contributed by atoms with van der Waals surface area (Å²) in [7, 11) is 0. The van der Waals surface area contributed by atoms with Crippen molar-refractivity contribution in [3.8, 4) is 0 Å². The Balaban J connectivity index is 2.53. The summed E-state index contributed by atoms with van der Waals surface area (Å²) in [5.74, 6) is 0.981. The van der Waals surface area contributed by atoms with E-state index in [-0.39, 0.29) is 6.61 Å². The third-order valence-electron chi connectivity index (χ3n) is 1.75. The van der Waals surface area contributed by atoms with E-state index in [1.807, 2.05) is 0 Å². The van der Waals surface area contributed by atoms with E-state index in [9.17, 15) is 0 Å². The van der Waals surface area contributed by atoms with Crippen LogP contribution in [0, 0.1) is 0 Å². The quantitative estimate of drug-likeness (QED) is 0.693. The molecule has 3 N–H and O–H groups in total. The first kappa shape index (κ1) is 10.1. The standard InChI is InChI=1S/C8H15N3O2/c1-2-3-4-7-10-8(13-11-7)6(9)5-12/h6,12H,2-5,9H2,1H3/t6-/m1/s1. The van der Waals surface area contributed by atoms with Gasteiger partial charge in [-0.3, -0.25) is 0 Å². The lowest BCUT2D eigenvalue weighted by Gasteiger charge is -1.98. The minimum absolute atomic E-state index is 0.171. The van der Waals surface area contributed by atoms with E-state index in [0.29, 0.717) is 11.7 Å². The number of hydrogen-bond acceptors (Lipinski definition) is 5. The summed E-state index contributed by atoms with van der Waals surface area (Å²) in [5.41, 5.74) is 5.49. The second-order valence-electron chi connectivity index (χ2n) is 2.94. The number of nitrogens with two attached hydrogens (primary N) is 1. The highest BCUT2D eigenvalue weighted by molar-refractivity contribution is 4.91. The third-order valence-corrected chi connectivity index (χ3v) is 1.75. The van der Waals surface area contributed by atoms with Gasteiger partial charge in [0, 0.05) is 6.42 Å². The van der Waals surface area contributed by atoms with Crippen molar-refractivity contribution in [3.05, 3.63) is 11.7 Å². The molecule has 1 heterocycles. The number of aliphatic hydroxyl groups is 1. The van der Waals surface area contributed by atoms with Gasteiger partial charge >= 0.3 is 0 Å². The third kappa shape index (κ3) is 2.78. The zero-order valence-corrected chi connectivity index (χ0v) is 7.73. The van der Waals surface area contributed by atoms with E-state index in [1.165, 1.54) is 0 Å². The Morgan fingerprint density at radius 3 is 3.00 bits per heavy atom. The number of unbranched alkanes of at least 4 members (excludes halogenated alkanes) is 1. The number of rotatable bonds is 5. The molecule has 1 atom stereocenters. The predicted molar refractivity (Wildman–Crippen MR) is 46.9 cm³/mol. The Bertz CT molecular complexity index is 249. The van der Waals surface area contributed by atoms with Gasteiger partial charge in [-0.05, 0) is 6.42 Å². The van der Waals surface area contributed by atoms with Crippen molar-refractivity contribution in [2.75, 3.05) is 6.61 Å². The molecule has 74 valence electrons. The molecule has 13 heavy (non-hydrogen) atoms. The van der Waals surface area contributed by atoms with Crippen LogP contribution in [0.2, 0.25) is 0 Å². The maximum Gasteiger partial charge on any atom is 0.245 e. The van der Waals surface area contributed by atoms with Gasteiger partial charge in [0.05, 0.1) is 6.61 Å². The molecule has 0 unspecified atom stereocenters. The van der Waals surface area contributed by atoms with Crippen molar-refractivity contribution < 1.29 is 9.63 Å². The fourth-order valence-electron chi connectivity index (χ4n) is 0.933. The minimum Gasteiger partial charge on any atom is -0.394 e. The van der Waals surface area contributed by atoms with E-state index in [4.69, 9.17) is 15.4 Å². The average Bonchev–Trinajstić information content (AvgIpc) is 2.62. The Kier molecular flexibility index (Phi) is 3.85. The maximum atomic E-state index is 8.72. The molecular weight excluding hydrogens is 170 g/mol. The highest BCUT2D eigenvalue weighted by atomic mass is 16.5. The molecule has 1 aromatic heterocycles. The molecule has 1 aromatic rings. The van der Waals surface area contributed by atoms with Crippen LogP contribution in [0.1, 0.15) is 37.5 Å². The highest BCUT2D eigenvalue weighted by Gasteiger charge is 2.12. The number of aliphatic hydroxyl groups excluding tert-OH is 1. The Morgan fingerprint density at radius 1 is 1.62 bits per heavy atom. The van der Waals surface area contributed by atoms with Crippen LogP contribution in [-0.4, -0.2) is 21.9 Å². The van der Waals surface area contributed by atoms with E-state index in [0.717, 1.165) is 19.3 Å². The Hall–Kier alpha value is -0.940.